The van der Waals surface area contributed by atoms with E-state index in [4.69, 9.17) is 0 Å². The summed E-state index contributed by atoms with van der Waals surface area (Å²) in [4.78, 5) is 3.91. The summed E-state index contributed by atoms with van der Waals surface area (Å²) in [5.74, 6) is -0.532. The number of likely N-dealkylation sites (N-methyl/N-ethyl adjacent to an activating group) is 1. The molecule has 0 bridgehead atoms. The van der Waals surface area contributed by atoms with Gasteiger partial charge in [-0.2, -0.15) is 9.68 Å². The largest absolute Gasteiger partial charge is 1.00 e. The van der Waals surface area contributed by atoms with Crippen LogP contribution in [0.2, 0.25) is 0 Å². The number of aliphatic imine (C=N–C) groups is 1. The van der Waals surface area contributed by atoms with Crippen molar-refractivity contribution in [1.29, 1.82) is 0 Å². The van der Waals surface area contributed by atoms with Gasteiger partial charge in [-0.25, -0.2) is 16.8 Å². The maximum Gasteiger partial charge on any atom is 1.00 e. The fourth-order valence-electron chi connectivity index (χ4n) is 5.91. The summed E-state index contributed by atoms with van der Waals surface area (Å²) in [6.45, 7) is 12.2. The van der Waals surface area contributed by atoms with E-state index in [1.165, 1.54) is 12.1 Å². The summed E-state index contributed by atoms with van der Waals surface area (Å²) < 4.78 is 71.8. The van der Waals surface area contributed by atoms with E-state index in [2.05, 4.69) is 35.8 Å². The molecule has 0 spiro atoms. The summed E-state index contributed by atoms with van der Waals surface area (Å²) in [6, 6.07) is 4.51. The van der Waals surface area contributed by atoms with Gasteiger partial charge < -0.3 is 18.7 Å². The van der Waals surface area contributed by atoms with Gasteiger partial charge in [0.2, 0.25) is 5.69 Å². The van der Waals surface area contributed by atoms with Gasteiger partial charge in [0.15, 0.2) is 5.71 Å². The van der Waals surface area contributed by atoms with Gasteiger partial charge in [-0.3, -0.25) is 10.0 Å². The number of quaternary nitrogens is 1. The average Bonchev–Trinajstić information content (AvgIpc) is 3.30. The third kappa shape index (κ3) is 12.2. The molecular formula is C35H52N5NaO7S2. The Morgan fingerprint density at radius 1 is 0.980 bits per heavy atom. The van der Waals surface area contributed by atoms with Crippen LogP contribution in [-0.4, -0.2) is 110 Å². The molecule has 0 radical (unpaired) electrons. The molecule has 0 unspecified atom stereocenters. The number of rotatable bonds is 17. The van der Waals surface area contributed by atoms with Crippen LogP contribution in [0.25, 0.3) is 0 Å². The van der Waals surface area contributed by atoms with Crippen LogP contribution in [0.1, 0.15) is 72.3 Å². The van der Waals surface area contributed by atoms with Gasteiger partial charge in [0.1, 0.15) is 16.7 Å². The molecule has 1 aromatic rings. The third-order valence-electron chi connectivity index (χ3n) is 9.07. The van der Waals surface area contributed by atoms with Crippen LogP contribution in [0.3, 0.4) is 0 Å². The predicted octanol–water partition coefficient (Wildman–Crippen LogP) is 0.646. The first-order valence-electron chi connectivity index (χ1n) is 16.6. The van der Waals surface area contributed by atoms with E-state index in [1.807, 2.05) is 65.0 Å². The molecule has 50 heavy (non-hydrogen) atoms. The van der Waals surface area contributed by atoms with Crippen molar-refractivity contribution in [3.8, 4) is 0 Å². The SMILES string of the molecule is CC1=NN(CCCS(=O)(=O)[O-])/C(=C/C=C/C=C/C2=[N+](CCCCCC([O-])=NCC[N+](C)(C)C)c3ccc(S(=O)(=O)[O-])cc3C2(C)C)C1(C)C.[Na+]. The molecule has 0 amide bonds. The molecule has 3 rings (SSSR count). The van der Waals surface area contributed by atoms with Gasteiger partial charge in [-0.05, 0) is 84.4 Å². The molecule has 2 heterocycles. The number of hydrazone groups is 1. The van der Waals surface area contributed by atoms with Crippen LogP contribution in [0, 0.1) is 5.41 Å². The van der Waals surface area contributed by atoms with Crippen molar-refractivity contribution in [2.45, 2.75) is 77.0 Å². The van der Waals surface area contributed by atoms with Crippen LogP contribution in [0.15, 0.2) is 69.3 Å². The van der Waals surface area contributed by atoms with E-state index in [0.717, 1.165) is 58.7 Å². The molecule has 15 heteroatoms. The zero-order chi connectivity index (χ0) is 36.8. The molecule has 0 saturated carbocycles. The number of benzene rings is 1. The molecule has 0 aromatic heterocycles. The van der Waals surface area contributed by atoms with E-state index in [-0.39, 0.29) is 52.2 Å². The minimum absolute atomic E-state index is 0. The second-order valence-electron chi connectivity index (χ2n) is 14.7. The Labute approximate surface area is 321 Å². The van der Waals surface area contributed by atoms with E-state index in [1.54, 1.807) is 11.1 Å². The van der Waals surface area contributed by atoms with Gasteiger partial charge in [-0.1, -0.05) is 18.2 Å². The number of hydrogen-bond donors (Lipinski definition) is 0. The molecule has 0 aliphatic carbocycles. The molecule has 0 saturated heterocycles. The standard InChI is InChI=1S/C35H53N5O7S2.Na/c1-27-34(2,3)32(39(37-27)23-15-25-48(42,43)44)17-12-9-11-16-31-35(4,5)29-26-28(49(45,46)47)19-20-30(29)38(31)22-14-10-13-18-33(41)36-21-24-40(6,7)8;/h9,11-12,16-17,19-20,26H,10,13-15,18,21-25H2,1-8H3,(H-2,36,41,42,43,44,45,46,47);/q;+1/p-1. The number of unbranched alkanes of at least 4 members (excludes halogenated alkanes) is 2. The van der Waals surface area contributed by atoms with Crippen molar-refractivity contribution in [2.24, 2.45) is 15.5 Å². The van der Waals surface area contributed by atoms with Crippen molar-refractivity contribution in [1.82, 2.24) is 5.01 Å². The Morgan fingerprint density at radius 2 is 1.66 bits per heavy atom. The molecule has 272 valence electrons. The number of allylic oxidation sites excluding steroid dienone is 6. The van der Waals surface area contributed by atoms with Crippen molar-refractivity contribution in [2.75, 3.05) is 53.1 Å². The maximum atomic E-state index is 12.2. The zero-order valence-electron chi connectivity index (χ0n) is 31.1. The monoisotopic (exact) mass is 741 g/mol. The molecule has 0 atom stereocenters. The van der Waals surface area contributed by atoms with Crippen molar-refractivity contribution >= 4 is 43.2 Å². The molecule has 12 nitrogen and oxygen atoms in total. The smallest absolute Gasteiger partial charge is 0.862 e. The third-order valence-corrected chi connectivity index (χ3v) is 10.7. The Morgan fingerprint density at radius 3 is 2.28 bits per heavy atom. The summed E-state index contributed by atoms with van der Waals surface area (Å²) in [5.41, 5.74) is 3.30. The summed E-state index contributed by atoms with van der Waals surface area (Å²) in [6.07, 6.45) is 12.5. The van der Waals surface area contributed by atoms with Gasteiger partial charge in [0, 0.05) is 53.2 Å². The van der Waals surface area contributed by atoms with Crippen LogP contribution in [-0.2, 0) is 25.7 Å². The van der Waals surface area contributed by atoms with Crippen LogP contribution < -0.4 is 34.7 Å². The molecule has 2 aliphatic rings. The first-order valence-corrected chi connectivity index (χ1v) is 19.6. The van der Waals surface area contributed by atoms with Crippen LogP contribution in [0.4, 0.5) is 5.69 Å². The van der Waals surface area contributed by atoms with Gasteiger partial charge >= 0.3 is 29.6 Å². The van der Waals surface area contributed by atoms with Crippen LogP contribution >= 0.6 is 0 Å². The van der Waals surface area contributed by atoms with Gasteiger partial charge in [-0.15, -0.1) is 0 Å². The van der Waals surface area contributed by atoms with E-state index in [0.29, 0.717) is 26.1 Å². The van der Waals surface area contributed by atoms with Gasteiger partial charge in [0.25, 0.3) is 0 Å². The Balaban J connectivity index is 0.00000867. The first kappa shape index (κ1) is 44.0. The minimum Gasteiger partial charge on any atom is -0.862 e. The predicted molar refractivity (Wildman–Crippen MR) is 190 cm³/mol. The Hall–Kier alpha value is -2.17. The fourth-order valence-corrected chi connectivity index (χ4v) is 6.89. The van der Waals surface area contributed by atoms with Gasteiger partial charge in [0.05, 0.1) is 54.7 Å². The number of nitrogens with zero attached hydrogens (tertiary/aromatic N) is 5. The Kier molecular flexibility index (Phi) is 15.5. The van der Waals surface area contributed by atoms with Crippen molar-refractivity contribution < 1.29 is 69.7 Å². The Bertz CT molecular complexity index is 1790. The zero-order valence-corrected chi connectivity index (χ0v) is 34.7. The van der Waals surface area contributed by atoms with Crippen molar-refractivity contribution in [3.63, 3.8) is 0 Å². The topological polar surface area (TPSA) is 168 Å². The summed E-state index contributed by atoms with van der Waals surface area (Å²) in [5, 5.41) is 18.6. The summed E-state index contributed by atoms with van der Waals surface area (Å²) >= 11 is 0. The number of fused-ring (bicyclic) bond motifs is 1. The van der Waals surface area contributed by atoms with E-state index >= 15 is 0 Å². The summed E-state index contributed by atoms with van der Waals surface area (Å²) in [7, 11) is -2.76. The molecule has 1 aromatic carbocycles. The first-order chi connectivity index (χ1) is 22.5. The quantitative estimate of drug-likeness (QED) is 0.0328. The maximum absolute atomic E-state index is 12.2. The molecule has 0 N–H and O–H groups in total. The fraction of sp³-hybridized carbons (Fsp3) is 0.571. The van der Waals surface area contributed by atoms with Crippen LogP contribution in [0.5, 0.6) is 0 Å². The number of hydrogen-bond acceptors (Lipinski definition) is 10. The van der Waals surface area contributed by atoms with Crippen molar-refractivity contribution in [3.05, 3.63) is 59.8 Å². The van der Waals surface area contributed by atoms with E-state index in [9.17, 15) is 31.0 Å². The molecular weight excluding hydrogens is 690 g/mol. The second kappa shape index (κ2) is 17.6. The van der Waals surface area contributed by atoms with E-state index < -0.39 is 31.4 Å². The minimum atomic E-state index is -4.63. The molecule has 0 fully saturated rings. The second-order valence-corrected chi connectivity index (χ2v) is 17.6. The normalized spacial score (nSPS) is 18.8. The molecule has 2 aliphatic heterocycles. The average molecular weight is 742 g/mol.